The fraction of sp³-hybridized carbons (Fsp3) is 0.364. The Balaban J connectivity index is 0.00000320. The molecular formula is C22H28ClN3O2S2. The number of fused-ring (bicyclic) bond motifs is 1. The predicted molar refractivity (Wildman–Crippen MR) is 131 cm³/mol. The number of anilines is 1. The lowest BCUT2D eigenvalue weighted by Crippen LogP contribution is -2.36. The monoisotopic (exact) mass is 465 g/mol. The number of hydrogen-bond donors (Lipinski definition) is 0. The van der Waals surface area contributed by atoms with Gasteiger partial charge in [0.05, 0.1) is 16.3 Å². The summed E-state index contributed by atoms with van der Waals surface area (Å²) in [6.45, 7) is 5.30. The minimum atomic E-state index is -0.0484. The van der Waals surface area contributed by atoms with Crippen molar-refractivity contribution in [1.82, 2.24) is 9.88 Å². The highest BCUT2D eigenvalue weighted by molar-refractivity contribution is 7.98. The van der Waals surface area contributed by atoms with Crippen LogP contribution >= 0.6 is 35.5 Å². The van der Waals surface area contributed by atoms with Crippen LogP contribution in [0.4, 0.5) is 5.13 Å². The lowest BCUT2D eigenvalue weighted by Gasteiger charge is -2.22. The Morgan fingerprint density at radius 3 is 2.43 bits per heavy atom. The van der Waals surface area contributed by atoms with Gasteiger partial charge in [0.25, 0.3) is 5.91 Å². The first-order valence-corrected chi connectivity index (χ1v) is 11.6. The average Bonchev–Trinajstić information content (AvgIpc) is 3.11. The zero-order chi connectivity index (χ0) is 21.0. The van der Waals surface area contributed by atoms with E-state index in [9.17, 15) is 4.79 Å². The minimum absolute atomic E-state index is 0. The number of thioether (sulfide) groups is 1. The lowest BCUT2D eigenvalue weighted by molar-refractivity contribution is 0.0985. The lowest BCUT2D eigenvalue weighted by atomic mass is 10.2. The van der Waals surface area contributed by atoms with Crippen LogP contribution in [0, 0.1) is 0 Å². The molecule has 0 fully saturated rings. The zero-order valence-corrected chi connectivity index (χ0v) is 20.4. The highest BCUT2D eigenvalue weighted by atomic mass is 35.5. The zero-order valence-electron chi connectivity index (χ0n) is 17.9. The molecule has 2 aromatic carbocycles. The molecule has 0 unspecified atom stereocenters. The molecule has 162 valence electrons. The molecule has 0 saturated carbocycles. The summed E-state index contributed by atoms with van der Waals surface area (Å²) in [4.78, 5) is 23.2. The van der Waals surface area contributed by atoms with Gasteiger partial charge < -0.3 is 9.64 Å². The van der Waals surface area contributed by atoms with Crippen molar-refractivity contribution in [1.29, 1.82) is 0 Å². The molecular weight excluding hydrogens is 438 g/mol. The maximum absolute atomic E-state index is 13.4. The first-order valence-electron chi connectivity index (χ1n) is 9.56. The summed E-state index contributed by atoms with van der Waals surface area (Å²) in [5.41, 5.74) is 1.59. The predicted octanol–water partition coefficient (Wildman–Crippen LogP) is 5.44. The molecule has 0 saturated heterocycles. The summed E-state index contributed by atoms with van der Waals surface area (Å²) in [5, 5.41) is 0.732. The number of aromatic nitrogens is 1. The van der Waals surface area contributed by atoms with Crippen molar-refractivity contribution in [2.45, 2.75) is 24.8 Å². The molecule has 0 aliphatic heterocycles. The average molecular weight is 466 g/mol. The van der Waals surface area contributed by atoms with E-state index >= 15 is 0 Å². The third-order valence-corrected chi connectivity index (χ3v) is 6.12. The molecule has 1 amide bonds. The molecule has 0 atom stereocenters. The fourth-order valence-electron chi connectivity index (χ4n) is 2.88. The van der Waals surface area contributed by atoms with Crippen LogP contribution in [0.2, 0.25) is 0 Å². The quantitative estimate of drug-likeness (QED) is 0.415. The maximum Gasteiger partial charge on any atom is 0.260 e. The van der Waals surface area contributed by atoms with Gasteiger partial charge in [-0.05, 0) is 70.6 Å². The second kappa shape index (κ2) is 11.0. The van der Waals surface area contributed by atoms with Gasteiger partial charge >= 0.3 is 0 Å². The highest BCUT2D eigenvalue weighted by Gasteiger charge is 2.22. The standard InChI is InChI=1S/C22H27N3O2S2.ClH/c1-15(2)27-17-11-9-16(10-12-17)21(26)25(14-13-24(3)4)22-23-20-18(28-5)7-6-8-19(20)29-22;/h6-12,15H,13-14H2,1-5H3;1H. The molecule has 0 aliphatic carbocycles. The topological polar surface area (TPSA) is 45.7 Å². The Morgan fingerprint density at radius 1 is 1.13 bits per heavy atom. The summed E-state index contributed by atoms with van der Waals surface area (Å²) in [7, 11) is 4.01. The van der Waals surface area contributed by atoms with E-state index in [-0.39, 0.29) is 24.4 Å². The van der Waals surface area contributed by atoms with Crippen molar-refractivity contribution < 1.29 is 9.53 Å². The van der Waals surface area contributed by atoms with Crippen LogP contribution in [-0.2, 0) is 0 Å². The molecule has 0 radical (unpaired) electrons. The van der Waals surface area contributed by atoms with E-state index in [2.05, 4.69) is 17.0 Å². The number of amides is 1. The van der Waals surface area contributed by atoms with Crippen LogP contribution in [0.1, 0.15) is 24.2 Å². The number of halogens is 1. The van der Waals surface area contributed by atoms with E-state index in [0.29, 0.717) is 12.1 Å². The highest BCUT2D eigenvalue weighted by Crippen LogP contribution is 2.34. The summed E-state index contributed by atoms with van der Waals surface area (Å²) >= 11 is 3.23. The van der Waals surface area contributed by atoms with Crippen molar-refractivity contribution in [2.75, 3.05) is 38.3 Å². The molecule has 0 N–H and O–H groups in total. The van der Waals surface area contributed by atoms with Gasteiger partial charge in [-0.2, -0.15) is 0 Å². The van der Waals surface area contributed by atoms with Crippen LogP contribution in [0.15, 0.2) is 47.4 Å². The number of nitrogens with zero attached hydrogens (tertiary/aromatic N) is 3. The summed E-state index contributed by atoms with van der Waals surface area (Å²) in [6.07, 6.45) is 2.14. The van der Waals surface area contributed by atoms with Crippen LogP contribution in [0.25, 0.3) is 10.2 Å². The van der Waals surface area contributed by atoms with Gasteiger partial charge in [0, 0.05) is 23.5 Å². The third-order valence-electron chi connectivity index (χ3n) is 4.31. The Hall–Kier alpha value is -1.80. The Morgan fingerprint density at radius 2 is 1.83 bits per heavy atom. The minimum Gasteiger partial charge on any atom is -0.491 e. The largest absolute Gasteiger partial charge is 0.491 e. The number of hydrogen-bond acceptors (Lipinski definition) is 6. The molecule has 0 spiro atoms. The number of carbonyl (C=O) groups is 1. The van der Waals surface area contributed by atoms with E-state index < -0.39 is 0 Å². The summed E-state index contributed by atoms with van der Waals surface area (Å²) < 4.78 is 6.79. The second-order valence-corrected chi connectivity index (χ2v) is 9.11. The molecule has 3 rings (SSSR count). The van der Waals surface area contributed by atoms with E-state index in [1.54, 1.807) is 28.0 Å². The SMILES string of the molecule is CSc1cccc2sc(N(CCN(C)C)C(=O)c3ccc(OC(C)C)cc3)nc12.Cl. The van der Waals surface area contributed by atoms with Gasteiger partial charge in [0.1, 0.15) is 5.75 Å². The first-order chi connectivity index (χ1) is 13.9. The molecule has 1 aromatic heterocycles. The molecule has 30 heavy (non-hydrogen) atoms. The van der Waals surface area contributed by atoms with Crippen LogP contribution in [-0.4, -0.2) is 55.3 Å². The molecule has 0 bridgehead atoms. The smallest absolute Gasteiger partial charge is 0.260 e. The number of likely N-dealkylation sites (N-methyl/N-ethyl adjacent to an activating group) is 1. The van der Waals surface area contributed by atoms with Gasteiger partial charge in [-0.3, -0.25) is 9.69 Å². The number of para-hydroxylation sites is 1. The van der Waals surface area contributed by atoms with Crippen LogP contribution in [0.5, 0.6) is 5.75 Å². The first kappa shape index (κ1) is 24.5. The third kappa shape index (κ3) is 5.88. The summed E-state index contributed by atoms with van der Waals surface area (Å²) in [5.74, 6) is 0.716. The van der Waals surface area contributed by atoms with Crippen LogP contribution in [0.3, 0.4) is 0 Å². The van der Waals surface area contributed by atoms with E-state index in [0.717, 1.165) is 32.5 Å². The Kier molecular flexibility index (Phi) is 8.97. The van der Waals surface area contributed by atoms with Crippen LogP contribution < -0.4 is 9.64 Å². The normalized spacial score (nSPS) is 11.0. The Bertz CT molecular complexity index is 974. The van der Waals surface area contributed by atoms with E-state index in [1.165, 1.54) is 0 Å². The van der Waals surface area contributed by atoms with Crippen molar-refractivity contribution in [2.24, 2.45) is 0 Å². The maximum atomic E-state index is 13.4. The number of carbonyl (C=O) groups excluding carboxylic acids is 1. The fourth-order valence-corrected chi connectivity index (χ4v) is 4.52. The van der Waals surface area contributed by atoms with E-state index in [1.807, 2.05) is 64.5 Å². The van der Waals surface area contributed by atoms with Gasteiger partial charge in [0.2, 0.25) is 0 Å². The number of ether oxygens (including phenoxy) is 1. The van der Waals surface area contributed by atoms with Crippen molar-refractivity contribution in [3.05, 3.63) is 48.0 Å². The second-order valence-electron chi connectivity index (χ2n) is 7.25. The molecule has 0 aliphatic rings. The van der Waals surface area contributed by atoms with Gasteiger partial charge in [-0.25, -0.2) is 4.98 Å². The van der Waals surface area contributed by atoms with Crippen molar-refractivity contribution in [3.63, 3.8) is 0 Å². The summed E-state index contributed by atoms with van der Waals surface area (Å²) in [6, 6.07) is 13.5. The van der Waals surface area contributed by atoms with Crippen molar-refractivity contribution in [3.8, 4) is 5.75 Å². The van der Waals surface area contributed by atoms with E-state index in [4.69, 9.17) is 9.72 Å². The number of rotatable bonds is 8. The Labute approximate surface area is 192 Å². The van der Waals surface area contributed by atoms with Gasteiger partial charge in [-0.15, -0.1) is 24.2 Å². The molecule has 3 aromatic rings. The molecule has 8 heteroatoms. The van der Waals surface area contributed by atoms with Gasteiger partial charge in [-0.1, -0.05) is 17.4 Å². The number of benzene rings is 2. The molecule has 5 nitrogen and oxygen atoms in total. The van der Waals surface area contributed by atoms with Crippen molar-refractivity contribution >= 4 is 56.8 Å². The molecule has 1 heterocycles. The van der Waals surface area contributed by atoms with Gasteiger partial charge in [0.15, 0.2) is 5.13 Å². The number of thiazole rings is 1.